The van der Waals surface area contributed by atoms with Crippen molar-refractivity contribution >= 4 is 9.28 Å². The number of nitrogens with one attached hydrogen (secondary N) is 1. The molecule has 0 radical (unpaired) electrons. The fraction of sp³-hybridized carbons (Fsp3) is 0.846. The molecule has 0 aromatic rings. The van der Waals surface area contributed by atoms with E-state index in [2.05, 4.69) is 68.1 Å². The lowest BCUT2D eigenvalue weighted by Crippen LogP contribution is -2.64. The molecule has 17 heavy (non-hydrogen) atoms. The standard InChI is InChI=1S/C13H27N3Si/c1-12(2,3)15-9-10-16(13(4,5)6)17(15)14-11-7-8-11/h9-11,14,17H,7-8H2,1-6H3. The van der Waals surface area contributed by atoms with Crippen LogP contribution in [0.4, 0.5) is 0 Å². The average molecular weight is 253 g/mol. The first kappa shape index (κ1) is 13.0. The van der Waals surface area contributed by atoms with Crippen molar-refractivity contribution in [3.05, 3.63) is 12.4 Å². The van der Waals surface area contributed by atoms with Crippen molar-refractivity contribution in [1.82, 2.24) is 14.1 Å². The van der Waals surface area contributed by atoms with Gasteiger partial charge in [0.25, 0.3) is 0 Å². The molecule has 1 N–H and O–H groups in total. The van der Waals surface area contributed by atoms with E-state index < -0.39 is 9.28 Å². The molecular weight excluding hydrogens is 226 g/mol. The SMILES string of the molecule is CC(C)(C)N1C=CN(C(C)(C)C)[SiH]1NC1CC1. The molecule has 1 aliphatic heterocycles. The fourth-order valence-corrected chi connectivity index (χ4v) is 5.53. The molecule has 1 saturated carbocycles. The maximum atomic E-state index is 3.89. The van der Waals surface area contributed by atoms with Gasteiger partial charge in [0.15, 0.2) is 0 Å². The van der Waals surface area contributed by atoms with Crippen molar-refractivity contribution in [3.8, 4) is 0 Å². The Bertz CT molecular complexity index is 286. The van der Waals surface area contributed by atoms with E-state index in [-0.39, 0.29) is 11.1 Å². The zero-order valence-corrected chi connectivity index (χ0v) is 13.3. The van der Waals surface area contributed by atoms with E-state index in [4.69, 9.17) is 0 Å². The topological polar surface area (TPSA) is 18.5 Å². The van der Waals surface area contributed by atoms with Crippen LogP contribution in [0.5, 0.6) is 0 Å². The van der Waals surface area contributed by atoms with Crippen LogP contribution in [0.1, 0.15) is 54.4 Å². The van der Waals surface area contributed by atoms with Gasteiger partial charge >= 0.3 is 9.28 Å². The smallest absolute Gasteiger partial charge is 0.330 e. The largest absolute Gasteiger partial charge is 0.371 e. The van der Waals surface area contributed by atoms with E-state index in [1.165, 1.54) is 12.8 Å². The average Bonchev–Trinajstić information content (AvgIpc) is 2.78. The molecule has 4 heteroatoms. The Balaban J connectivity index is 2.16. The van der Waals surface area contributed by atoms with Crippen molar-refractivity contribution in [3.63, 3.8) is 0 Å². The molecule has 0 unspecified atom stereocenters. The predicted molar refractivity (Wildman–Crippen MR) is 75.6 cm³/mol. The van der Waals surface area contributed by atoms with Crippen LogP contribution in [0.3, 0.4) is 0 Å². The Morgan fingerprint density at radius 2 is 1.35 bits per heavy atom. The Hall–Kier alpha value is -0.483. The zero-order valence-electron chi connectivity index (χ0n) is 12.1. The van der Waals surface area contributed by atoms with Crippen LogP contribution in [-0.2, 0) is 0 Å². The van der Waals surface area contributed by atoms with Gasteiger partial charge in [-0.25, -0.2) is 0 Å². The van der Waals surface area contributed by atoms with Crippen LogP contribution in [-0.4, -0.2) is 35.5 Å². The summed E-state index contributed by atoms with van der Waals surface area (Å²) in [6, 6.07) is 0.779. The van der Waals surface area contributed by atoms with E-state index in [0.29, 0.717) is 0 Å². The van der Waals surface area contributed by atoms with Crippen molar-refractivity contribution in [1.29, 1.82) is 0 Å². The predicted octanol–water partition coefficient (Wildman–Crippen LogP) is 2.14. The highest BCUT2D eigenvalue weighted by atomic mass is 28.3. The first-order valence-corrected chi connectivity index (χ1v) is 8.32. The summed E-state index contributed by atoms with van der Waals surface area (Å²) in [5.41, 5.74) is 0.435. The van der Waals surface area contributed by atoms with Gasteiger partial charge in [-0.2, -0.15) is 0 Å². The van der Waals surface area contributed by atoms with Crippen LogP contribution >= 0.6 is 0 Å². The first-order chi connectivity index (χ1) is 7.69. The molecule has 0 aromatic carbocycles. The summed E-state index contributed by atoms with van der Waals surface area (Å²) in [5.74, 6) is 0. The second-order valence-electron chi connectivity index (χ2n) is 7.27. The van der Waals surface area contributed by atoms with Gasteiger partial charge in [-0.1, -0.05) is 0 Å². The van der Waals surface area contributed by atoms with E-state index in [1.807, 2.05) is 0 Å². The van der Waals surface area contributed by atoms with Crippen LogP contribution in [0.25, 0.3) is 0 Å². The second kappa shape index (κ2) is 4.02. The maximum Gasteiger partial charge on any atom is 0.330 e. The van der Waals surface area contributed by atoms with Gasteiger partial charge in [0.2, 0.25) is 0 Å². The Morgan fingerprint density at radius 3 is 1.65 bits per heavy atom. The van der Waals surface area contributed by atoms with Crippen LogP contribution in [0.2, 0.25) is 0 Å². The van der Waals surface area contributed by atoms with Gasteiger partial charge in [0.1, 0.15) is 0 Å². The Morgan fingerprint density at radius 1 is 0.941 bits per heavy atom. The quantitative estimate of drug-likeness (QED) is 0.761. The third-order valence-electron chi connectivity index (χ3n) is 3.43. The highest BCUT2D eigenvalue weighted by molar-refractivity contribution is 6.52. The molecule has 0 aromatic heterocycles. The van der Waals surface area contributed by atoms with Crippen molar-refractivity contribution in [2.75, 3.05) is 0 Å². The van der Waals surface area contributed by atoms with Gasteiger partial charge < -0.3 is 14.1 Å². The molecule has 0 amide bonds. The van der Waals surface area contributed by atoms with E-state index >= 15 is 0 Å². The normalized spacial score (nSPS) is 22.7. The molecular formula is C13H27N3Si. The van der Waals surface area contributed by atoms with Gasteiger partial charge in [0, 0.05) is 29.5 Å². The minimum absolute atomic E-state index is 0.218. The lowest BCUT2D eigenvalue weighted by molar-refractivity contribution is 0.272. The highest BCUT2D eigenvalue weighted by Crippen LogP contribution is 2.29. The third-order valence-corrected chi connectivity index (χ3v) is 7.14. The van der Waals surface area contributed by atoms with Crippen molar-refractivity contribution in [2.45, 2.75) is 71.5 Å². The summed E-state index contributed by atoms with van der Waals surface area (Å²) in [6.07, 6.45) is 7.30. The van der Waals surface area contributed by atoms with Gasteiger partial charge in [-0.15, -0.1) is 0 Å². The minimum atomic E-state index is -1.25. The molecule has 0 bridgehead atoms. The molecule has 0 atom stereocenters. The molecule has 1 heterocycles. The van der Waals surface area contributed by atoms with E-state index in [0.717, 1.165) is 6.04 Å². The monoisotopic (exact) mass is 253 g/mol. The molecule has 1 aliphatic carbocycles. The van der Waals surface area contributed by atoms with Crippen molar-refractivity contribution < 1.29 is 0 Å². The number of hydrogen-bond donors (Lipinski definition) is 1. The summed E-state index contributed by atoms with van der Waals surface area (Å²) < 4.78 is 5.13. The molecule has 2 rings (SSSR count). The van der Waals surface area contributed by atoms with E-state index in [9.17, 15) is 0 Å². The molecule has 1 fully saturated rings. The fourth-order valence-electron chi connectivity index (χ4n) is 2.24. The summed E-state index contributed by atoms with van der Waals surface area (Å²) in [4.78, 5) is 3.89. The molecule has 2 aliphatic rings. The van der Waals surface area contributed by atoms with Crippen molar-refractivity contribution in [2.24, 2.45) is 0 Å². The Labute approximate surface area is 108 Å². The molecule has 98 valence electrons. The van der Waals surface area contributed by atoms with Crippen LogP contribution < -0.4 is 4.98 Å². The first-order valence-electron chi connectivity index (χ1n) is 6.71. The molecule has 0 saturated heterocycles. The van der Waals surface area contributed by atoms with E-state index in [1.54, 1.807) is 0 Å². The number of nitrogens with zero attached hydrogens (tertiary/aromatic N) is 2. The van der Waals surface area contributed by atoms with Gasteiger partial charge in [-0.3, -0.25) is 0 Å². The summed E-state index contributed by atoms with van der Waals surface area (Å²) >= 11 is 0. The lowest BCUT2D eigenvalue weighted by atomic mass is 10.1. The maximum absolute atomic E-state index is 3.89. The summed E-state index contributed by atoms with van der Waals surface area (Å²) in [6.45, 7) is 13.8. The Kier molecular flexibility index (Phi) is 3.07. The summed E-state index contributed by atoms with van der Waals surface area (Å²) in [5, 5.41) is 0. The van der Waals surface area contributed by atoms with Crippen LogP contribution in [0.15, 0.2) is 12.4 Å². The molecule has 3 nitrogen and oxygen atoms in total. The highest BCUT2D eigenvalue weighted by Gasteiger charge is 2.42. The number of hydrogen-bond acceptors (Lipinski definition) is 3. The summed E-state index contributed by atoms with van der Waals surface area (Å²) in [7, 11) is -1.25. The van der Waals surface area contributed by atoms with Gasteiger partial charge in [-0.05, 0) is 54.4 Å². The zero-order chi connectivity index (χ0) is 12.8. The number of rotatable bonds is 2. The lowest BCUT2D eigenvalue weighted by Gasteiger charge is -2.44. The third kappa shape index (κ3) is 2.85. The second-order valence-corrected chi connectivity index (χ2v) is 9.46. The van der Waals surface area contributed by atoms with Gasteiger partial charge in [0.05, 0.1) is 0 Å². The van der Waals surface area contributed by atoms with Crippen LogP contribution in [0, 0.1) is 0 Å². The molecule has 0 spiro atoms. The minimum Gasteiger partial charge on any atom is -0.371 e.